The zero-order valence-corrected chi connectivity index (χ0v) is 29.8. The summed E-state index contributed by atoms with van der Waals surface area (Å²) in [6.07, 6.45) is 3.21. The quantitative estimate of drug-likeness (QED) is 0.163. The van der Waals surface area contributed by atoms with Crippen LogP contribution in [0.2, 0.25) is 0 Å². The summed E-state index contributed by atoms with van der Waals surface area (Å²) in [6.45, 7) is 2.94. The number of nitrogens with zero attached hydrogens (tertiary/aromatic N) is 4. The van der Waals surface area contributed by atoms with Crippen molar-refractivity contribution in [2.24, 2.45) is 9.98 Å². The summed E-state index contributed by atoms with van der Waals surface area (Å²) in [5.41, 5.74) is 1.18. The molecule has 0 aliphatic rings. The first-order chi connectivity index (χ1) is 17.1. The van der Waals surface area contributed by atoms with E-state index in [1.165, 1.54) is 10.3 Å². The van der Waals surface area contributed by atoms with Crippen LogP contribution in [0.25, 0.3) is 10.8 Å². The second kappa shape index (κ2) is 29.8. The van der Waals surface area contributed by atoms with Gasteiger partial charge in [0, 0.05) is 43.4 Å². The number of benzene rings is 2. The van der Waals surface area contributed by atoms with Crippen LogP contribution in [0.4, 0.5) is 0 Å². The molecule has 0 saturated heterocycles. The Morgan fingerprint density at radius 2 is 1.05 bits per heavy atom. The van der Waals surface area contributed by atoms with E-state index in [-0.39, 0.29) is 44.5 Å². The molecule has 2 aromatic carbocycles. The number of aliphatic imine (C=N–C) groups is 2. The van der Waals surface area contributed by atoms with Gasteiger partial charge in [-0.05, 0) is 49.5 Å². The molecule has 0 atom stereocenters. The predicted octanol–water partition coefficient (Wildman–Crippen LogP) is 5.16. The zero-order chi connectivity index (χ0) is 27.9. The van der Waals surface area contributed by atoms with Crippen molar-refractivity contribution in [1.82, 2.24) is 10.6 Å². The molecule has 16 heteroatoms. The Balaban J connectivity index is -0.000000241. The molecule has 0 saturated carbocycles. The molecule has 2 radical (unpaired) electrons. The van der Waals surface area contributed by atoms with Crippen LogP contribution in [-0.2, 0) is 33.0 Å². The molecule has 0 spiro atoms. The molecule has 0 bridgehead atoms. The molecule has 2 rings (SSSR count). The average Bonchev–Trinajstić information content (AvgIpc) is 2.82. The van der Waals surface area contributed by atoms with Crippen LogP contribution in [0.3, 0.4) is 0 Å². The number of nitrogens with one attached hydrogen (secondary N) is 2. The van der Waals surface area contributed by atoms with E-state index in [0.717, 1.165) is 22.0 Å². The molecule has 8 nitrogen and oxygen atoms in total. The minimum Gasteiger partial charge on any atom is -0.871 e. The fourth-order valence-corrected chi connectivity index (χ4v) is 4.55. The first kappa shape index (κ1) is 44.8. The Hall–Kier alpha value is -0.193. The molecule has 0 aliphatic heterocycles. The van der Waals surface area contributed by atoms with Gasteiger partial charge in [0.2, 0.25) is 0 Å². The van der Waals surface area contributed by atoms with Crippen molar-refractivity contribution < 1.29 is 43.2 Å². The normalized spacial score (nSPS) is 9.21. The van der Waals surface area contributed by atoms with Gasteiger partial charge < -0.3 is 31.7 Å². The summed E-state index contributed by atoms with van der Waals surface area (Å²) in [7, 11) is 3.73. The summed E-state index contributed by atoms with van der Waals surface area (Å²) in [5.74, 6) is -0.0715. The minimum absolute atomic E-state index is 0. The minimum atomic E-state index is -0.0357. The monoisotopic (exact) mass is 898 g/mol. The Kier molecular flexibility index (Phi) is 35.1. The number of halogens is 4. The largest absolute Gasteiger partial charge is 3.00 e. The molecular weight excluding hydrogens is 881 g/mol. The van der Waals surface area contributed by atoms with E-state index in [1.807, 2.05) is 14.1 Å². The SMILES string of the molecule is CNCCN=Cc1cc(Br)cc(Br)c1[O-].CNCCN=Cc1cc(Br)cc(Br)c1[O-].[N-]=C=S.[N-]=C=S.[Ni+3].[Ni+3]. The Bertz CT molecular complexity index is 987. The molecule has 2 aromatic rings. The fourth-order valence-electron chi connectivity index (χ4n) is 2.03. The summed E-state index contributed by atoms with van der Waals surface area (Å²) >= 11 is 20.5. The van der Waals surface area contributed by atoms with Crippen LogP contribution in [0.1, 0.15) is 11.1 Å². The predicted molar refractivity (Wildman–Crippen MR) is 167 cm³/mol. The molecule has 0 amide bonds. The van der Waals surface area contributed by atoms with E-state index in [4.69, 9.17) is 10.8 Å². The van der Waals surface area contributed by atoms with Gasteiger partial charge in [-0.25, -0.2) is 0 Å². The van der Waals surface area contributed by atoms with Crippen molar-refractivity contribution in [1.29, 1.82) is 0 Å². The third kappa shape index (κ3) is 22.6. The van der Waals surface area contributed by atoms with Gasteiger partial charge in [-0.2, -0.15) is 10.3 Å². The van der Waals surface area contributed by atoms with Gasteiger partial charge in [-0.3, -0.25) is 9.98 Å². The van der Waals surface area contributed by atoms with Crippen molar-refractivity contribution in [3.05, 3.63) is 64.1 Å². The number of hydrogen-bond acceptors (Lipinski definition) is 8. The van der Waals surface area contributed by atoms with Gasteiger partial charge in [0.05, 0.1) is 13.1 Å². The number of likely N-dealkylation sites (N-methyl/N-ethyl adjacent to an activating group) is 2. The third-order valence-electron chi connectivity index (χ3n) is 3.52. The molecule has 0 fully saturated rings. The van der Waals surface area contributed by atoms with Crippen LogP contribution in [-0.4, -0.2) is 63.0 Å². The number of hydrogen-bond donors (Lipinski definition) is 2. The molecular formula is C22H22Br4N6Ni2O2S2+2. The van der Waals surface area contributed by atoms with Gasteiger partial charge in [-0.1, -0.05) is 99.7 Å². The number of thiocarbonyl (C=S) groups is 2. The van der Waals surface area contributed by atoms with Gasteiger partial charge in [0.15, 0.2) is 0 Å². The van der Waals surface area contributed by atoms with Crippen LogP contribution in [0, 0.1) is 0 Å². The van der Waals surface area contributed by atoms with Crippen molar-refractivity contribution in [2.45, 2.75) is 0 Å². The Labute approximate surface area is 287 Å². The molecule has 0 unspecified atom stereocenters. The van der Waals surface area contributed by atoms with Gasteiger partial charge in [0.25, 0.3) is 0 Å². The second-order valence-electron chi connectivity index (χ2n) is 6.07. The van der Waals surface area contributed by atoms with E-state index in [9.17, 15) is 10.2 Å². The first-order valence-electron chi connectivity index (χ1n) is 9.76. The van der Waals surface area contributed by atoms with Crippen molar-refractivity contribution in [3.63, 3.8) is 0 Å². The third-order valence-corrected chi connectivity index (χ3v) is 5.61. The van der Waals surface area contributed by atoms with Crippen molar-refractivity contribution in [2.75, 3.05) is 40.3 Å². The number of isothiocyanates is 2. The first-order valence-corrected chi connectivity index (χ1v) is 13.8. The molecule has 0 heterocycles. The second-order valence-corrected chi connectivity index (χ2v) is 9.98. The maximum atomic E-state index is 11.6. The van der Waals surface area contributed by atoms with Crippen LogP contribution in [0.5, 0.6) is 11.5 Å². The van der Waals surface area contributed by atoms with E-state index in [2.05, 4.69) is 109 Å². The summed E-state index contributed by atoms with van der Waals surface area (Å²) < 4.78 is 2.83. The zero-order valence-electron chi connectivity index (χ0n) is 19.9. The molecule has 2 N–H and O–H groups in total. The van der Waals surface area contributed by atoms with Gasteiger partial charge >= 0.3 is 33.0 Å². The standard InChI is InChI=1S/2C10H12Br2N2O.2CNS.2Ni/c2*1-13-2-3-14-6-7-4-8(11)5-9(12)10(7)15;2*2-1-3;;/h2*4-6,13,15H,2-3H2,1H3;;;;/q;;2*-1;2*+3/p-2. The summed E-state index contributed by atoms with van der Waals surface area (Å²) in [5, 5.41) is 46.1. The maximum Gasteiger partial charge on any atom is 3.00 e. The molecule has 38 heavy (non-hydrogen) atoms. The van der Waals surface area contributed by atoms with E-state index < -0.39 is 0 Å². The summed E-state index contributed by atoms with van der Waals surface area (Å²) in [4.78, 5) is 8.29. The topological polar surface area (TPSA) is 140 Å². The van der Waals surface area contributed by atoms with Crippen LogP contribution in [0.15, 0.2) is 52.1 Å². The molecule has 210 valence electrons. The van der Waals surface area contributed by atoms with E-state index in [0.29, 0.717) is 33.2 Å². The Morgan fingerprint density at radius 3 is 1.32 bits per heavy atom. The smallest absolute Gasteiger partial charge is 0.871 e. The van der Waals surface area contributed by atoms with E-state index >= 15 is 0 Å². The van der Waals surface area contributed by atoms with Crippen LogP contribution < -0.4 is 20.8 Å². The van der Waals surface area contributed by atoms with Gasteiger partial charge in [0.1, 0.15) is 0 Å². The maximum absolute atomic E-state index is 11.6. The van der Waals surface area contributed by atoms with E-state index in [1.54, 1.807) is 36.7 Å². The fraction of sp³-hybridized carbons (Fsp3) is 0.273. The van der Waals surface area contributed by atoms with Crippen molar-refractivity contribution in [3.8, 4) is 11.5 Å². The number of rotatable bonds is 8. The Morgan fingerprint density at radius 1 is 0.763 bits per heavy atom. The molecule has 0 aromatic heterocycles. The average molecular weight is 904 g/mol. The van der Waals surface area contributed by atoms with Gasteiger partial charge in [-0.15, -0.1) is 0 Å². The van der Waals surface area contributed by atoms with Crippen LogP contribution >= 0.6 is 88.2 Å². The molecule has 0 aliphatic carbocycles. The summed E-state index contributed by atoms with van der Waals surface area (Å²) in [6, 6.07) is 6.98. The van der Waals surface area contributed by atoms with Crippen molar-refractivity contribution >= 4 is 111 Å².